The van der Waals surface area contributed by atoms with Crippen molar-refractivity contribution in [2.75, 3.05) is 26.2 Å². The molecular formula is C15H28ClN5O3S. The van der Waals surface area contributed by atoms with Gasteiger partial charge in [0, 0.05) is 32.8 Å². The monoisotopic (exact) mass is 393 g/mol. The summed E-state index contributed by atoms with van der Waals surface area (Å²) < 4.78 is 28.3. The molecule has 144 valence electrons. The second-order valence-electron chi connectivity index (χ2n) is 6.72. The first-order chi connectivity index (χ1) is 11.2. The number of carbonyl (C=O) groups is 1. The third-order valence-electron chi connectivity index (χ3n) is 4.53. The van der Waals surface area contributed by atoms with Gasteiger partial charge in [-0.25, -0.2) is 18.1 Å². The fourth-order valence-corrected chi connectivity index (χ4v) is 3.70. The molecule has 2 rings (SSSR count). The summed E-state index contributed by atoms with van der Waals surface area (Å²) in [5.41, 5.74) is 0.117. The number of nitrogens with one attached hydrogen (secondary N) is 3. The Hall–Kier alpha value is -1.16. The predicted octanol–water partition coefficient (Wildman–Crippen LogP) is 0.325. The van der Waals surface area contributed by atoms with Crippen molar-refractivity contribution >= 4 is 28.3 Å². The van der Waals surface area contributed by atoms with Gasteiger partial charge in [-0.15, -0.1) is 12.4 Å². The lowest BCUT2D eigenvalue weighted by Gasteiger charge is -2.34. The highest BCUT2D eigenvalue weighted by Crippen LogP contribution is 2.26. The van der Waals surface area contributed by atoms with Crippen LogP contribution < -0.4 is 15.4 Å². The summed E-state index contributed by atoms with van der Waals surface area (Å²) in [4.78, 5) is 15.9. The number of carbonyl (C=O) groups excluding carboxylic acids is 1. The zero-order valence-corrected chi connectivity index (χ0v) is 16.6. The number of imidazole rings is 1. The third kappa shape index (κ3) is 6.25. The number of aryl methyl sites for hydroxylation is 2. The zero-order valence-electron chi connectivity index (χ0n) is 15.0. The van der Waals surface area contributed by atoms with E-state index >= 15 is 0 Å². The highest BCUT2D eigenvalue weighted by molar-refractivity contribution is 7.89. The van der Waals surface area contributed by atoms with Gasteiger partial charge in [0.1, 0.15) is 5.82 Å². The van der Waals surface area contributed by atoms with Crippen LogP contribution in [-0.2, 0) is 21.9 Å². The van der Waals surface area contributed by atoms with Gasteiger partial charge in [-0.1, -0.05) is 6.92 Å². The standard InChI is InChI=1S/C15H27N5O3S.ClH/c1-12-19-14(10-20(12)3)24(22,23)18-7-4-13(21)17-11-15(2)5-8-16-9-6-15;/h10,16,18H,4-9,11H2,1-3H3,(H,17,21);1H. The molecule has 0 unspecified atom stereocenters. The maximum Gasteiger partial charge on any atom is 0.259 e. The number of hydrogen-bond acceptors (Lipinski definition) is 5. The van der Waals surface area contributed by atoms with Gasteiger partial charge in [0.25, 0.3) is 10.0 Å². The van der Waals surface area contributed by atoms with Crippen LogP contribution in [0.25, 0.3) is 0 Å². The zero-order chi connectivity index (χ0) is 17.8. The number of hydrogen-bond donors (Lipinski definition) is 3. The Morgan fingerprint density at radius 3 is 2.60 bits per heavy atom. The Balaban J connectivity index is 0.00000312. The van der Waals surface area contributed by atoms with Gasteiger partial charge in [0.05, 0.1) is 0 Å². The Kier molecular flexibility index (Phi) is 7.86. The van der Waals surface area contributed by atoms with Crippen LogP contribution in [0.5, 0.6) is 0 Å². The summed E-state index contributed by atoms with van der Waals surface area (Å²) >= 11 is 0. The summed E-state index contributed by atoms with van der Waals surface area (Å²) in [6.07, 6.45) is 3.62. The first-order valence-corrected chi connectivity index (χ1v) is 9.67. The number of halogens is 1. The van der Waals surface area contributed by atoms with E-state index in [1.807, 2.05) is 0 Å². The molecule has 1 aromatic heterocycles. The summed E-state index contributed by atoms with van der Waals surface area (Å²) in [7, 11) is -1.94. The van der Waals surface area contributed by atoms with Gasteiger partial charge in [0.2, 0.25) is 5.91 Å². The van der Waals surface area contributed by atoms with E-state index < -0.39 is 10.0 Å². The molecule has 0 aliphatic carbocycles. The van der Waals surface area contributed by atoms with Crippen molar-refractivity contribution in [3.63, 3.8) is 0 Å². The largest absolute Gasteiger partial charge is 0.356 e. The molecule has 8 nitrogen and oxygen atoms in total. The molecule has 1 amide bonds. The molecule has 1 aliphatic heterocycles. The fourth-order valence-electron chi connectivity index (χ4n) is 2.64. The maximum atomic E-state index is 12.1. The topological polar surface area (TPSA) is 105 Å². The van der Waals surface area contributed by atoms with Crippen molar-refractivity contribution in [3.05, 3.63) is 12.0 Å². The number of sulfonamides is 1. The quantitative estimate of drug-likeness (QED) is 0.619. The number of piperidine rings is 1. The molecular weight excluding hydrogens is 366 g/mol. The van der Waals surface area contributed by atoms with Gasteiger partial charge < -0.3 is 15.2 Å². The van der Waals surface area contributed by atoms with Crippen molar-refractivity contribution in [3.8, 4) is 0 Å². The maximum absolute atomic E-state index is 12.1. The number of nitrogens with zero attached hydrogens (tertiary/aromatic N) is 2. The predicted molar refractivity (Wildman–Crippen MR) is 98.2 cm³/mol. The molecule has 0 aromatic carbocycles. The molecule has 0 saturated carbocycles. The summed E-state index contributed by atoms with van der Waals surface area (Å²) in [5, 5.41) is 6.19. The lowest BCUT2D eigenvalue weighted by molar-refractivity contribution is -0.121. The summed E-state index contributed by atoms with van der Waals surface area (Å²) in [6, 6.07) is 0. The van der Waals surface area contributed by atoms with Gasteiger partial charge in [-0.3, -0.25) is 4.79 Å². The van der Waals surface area contributed by atoms with Crippen LogP contribution in [0.15, 0.2) is 11.2 Å². The molecule has 0 atom stereocenters. The van der Waals surface area contributed by atoms with Gasteiger partial charge >= 0.3 is 0 Å². The van der Waals surface area contributed by atoms with E-state index in [0.29, 0.717) is 12.4 Å². The second kappa shape index (κ2) is 8.98. The van der Waals surface area contributed by atoms with Crippen LogP contribution in [0, 0.1) is 12.3 Å². The molecule has 1 aliphatic rings. The number of aromatic nitrogens is 2. The Morgan fingerprint density at radius 2 is 2.04 bits per heavy atom. The highest BCUT2D eigenvalue weighted by Gasteiger charge is 2.27. The van der Waals surface area contributed by atoms with E-state index in [1.165, 1.54) is 6.20 Å². The van der Waals surface area contributed by atoms with Crippen LogP contribution in [0.1, 0.15) is 32.0 Å². The second-order valence-corrected chi connectivity index (χ2v) is 8.44. The number of rotatable bonds is 7. The van der Waals surface area contributed by atoms with E-state index in [0.717, 1.165) is 25.9 Å². The lowest BCUT2D eigenvalue weighted by Crippen LogP contribution is -2.43. The van der Waals surface area contributed by atoms with Crippen LogP contribution >= 0.6 is 12.4 Å². The van der Waals surface area contributed by atoms with E-state index in [9.17, 15) is 13.2 Å². The van der Waals surface area contributed by atoms with Gasteiger partial charge in [-0.2, -0.15) is 0 Å². The molecule has 2 heterocycles. The SMILES string of the molecule is Cc1nc(S(=O)(=O)NCCC(=O)NCC2(C)CCNCC2)cn1C.Cl. The van der Waals surface area contributed by atoms with Crippen LogP contribution in [0.3, 0.4) is 0 Å². The Bertz CT molecular complexity index is 664. The molecule has 3 N–H and O–H groups in total. The van der Waals surface area contributed by atoms with Crippen molar-refractivity contribution in [1.82, 2.24) is 24.9 Å². The molecule has 0 radical (unpaired) electrons. The van der Waals surface area contributed by atoms with E-state index in [1.54, 1.807) is 18.5 Å². The first kappa shape index (κ1) is 21.9. The summed E-state index contributed by atoms with van der Waals surface area (Å²) in [5.74, 6) is 0.470. The van der Waals surface area contributed by atoms with Crippen LogP contribution in [0.2, 0.25) is 0 Å². The third-order valence-corrected chi connectivity index (χ3v) is 5.86. The molecule has 1 aromatic rings. The van der Waals surface area contributed by atoms with Crippen molar-refractivity contribution in [1.29, 1.82) is 0 Å². The van der Waals surface area contributed by atoms with E-state index in [-0.39, 0.29) is 41.7 Å². The van der Waals surface area contributed by atoms with Gasteiger partial charge in [0.15, 0.2) is 5.03 Å². The average Bonchev–Trinajstić information content (AvgIpc) is 2.86. The Morgan fingerprint density at radius 1 is 1.40 bits per heavy atom. The smallest absolute Gasteiger partial charge is 0.259 e. The van der Waals surface area contributed by atoms with Crippen molar-refractivity contribution < 1.29 is 13.2 Å². The summed E-state index contributed by atoms with van der Waals surface area (Å²) in [6.45, 7) is 6.52. The molecule has 1 fully saturated rings. The van der Waals surface area contributed by atoms with E-state index in [2.05, 4.69) is 27.3 Å². The minimum atomic E-state index is -3.68. The van der Waals surface area contributed by atoms with E-state index in [4.69, 9.17) is 0 Å². The normalized spacial score (nSPS) is 16.9. The average molecular weight is 394 g/mol. The molecule has 0 bridgehead atoms. The Labute approximate surface area is 155 Å². The van der Waals surface area contributed by atoms with Crippen molar-refractivity contribution in [2.24, 2.45) is 12.5 Å². The molecule has 25 heavy (non-hydrogen) atoms. The lowest BCUT2D eigenvalue weighted by atomic mass is 9.81. The van der Waals surface area contributed by atoms with Crippen LogP contribution in [-0.4, -0.2) is 50.1 Å². The molecule has 0 spiro atoms. The number of amides is 1. The highest BCUT2D eigenvalue weighted by atomic mass is 35.5. The minimum absolute atomic E-state index is 0. The first-order valence-electron chi connectivity index (χ1n) is 8.19. The van der Waals surface area contributed by atoms with Crippen molar-refractivity contribution in [2.45, 2.75) is 38.1 Å². The molecule has 10 heteroatoms. The minimum Gasteiger partial charge on any atom is -0.356 e. The fraction of sp³-hybridized carbons (Fsp3) is 0.733. The van der Waals surface area contributed by atoms with Gasteiger partial charge in [-0.05, 0) is 38.3 Å². The molecule has 1 saturated heterocycles. The van der Waals surface area contributed by atoms with Crippen LogP contribution in [0.4, 0.5) is 0 Å².